The molecule has 0 radical (unpaired) electrons. The lowest BCUT2D eigenvalue weighted by Crippen LogP contribution is -2.30. The number of amides is 1. The molecule has 0 fully saturated rings. The fourth-order valence-electron chi connectivity index (χ4n) is 2.47. The summed E-state index contributed by atoms with van der Waals surface area (Å²) in [5, 5.41) is 14.1. The molecular weight excluding hydrogens is 402 g/mol. The molecule has 1 amide bonds. The fraction of sp³-hybridized carbons (Fsp3) is 0.222. The van der Waals surface area contributed by atoms with Gasteiger partial charge in [-0.05, 0) is 49.7 Å². The van der Waals surface area contributed by atoms with Crippen molar-refractivity contribution in [1.29, 1.82) is 0 Å². The minimum atomic E-state index is -0.560. The average molecular weight is 420 g/mol. The number of Topliss-reactive ketones (excluding diaryl/α,β-unsaturated/α-hetero) is 1. The highest BCUT2D eigenvalue weighted by Gasteiger charge is 2.20. The zero-order chi connectivity index (χ0) is 19.4. The minimum absolute atomic E-state index is 0.0736. The number of carbonyl (C=O) groups is 2. The summed E-state index contributed by atoms with van der Waals surface area (Å²) in [4.78, 5) is 36.0. The number of halogens is 1. The molecule has 0 aliphatic heterocycles. The van der Waals surface area contributed by atoms with Crippen molar-refractivity contribution < 1.29 is 14.5 Å². The Labute approximate surface area is 159 Å². The van der Waals surface area contributed by atoms with Gasteiger partial charge in [-0.3, -0.25) is 19.7 Å². The van der Waals surface area contributed by atoms with Crippen molar-refractivity contribution in [2.45, 2.75) is 13.8 Å². The zero-order valence-electron chi connectivity index (χ0n) is 14.6. The molecule has 2 aromatic carbocycles. The summed E-state index contributed by atoms with van der Waals surface area (Å²) in [5.74, 6) is -0.561. The second-order valence-corrected chi connectivity index (χ2v) is 6.80. The van der Waals surface area contributed by atoms with E-state index in [1.165, 1.54) is 30.0 Å². The molecule has 0 spiro atoms. The van der Waals surface area contributed by atoms with Crippen molar-refractivity contribution in [2.75, 3.05) is 23.8 Å². The molecule has 0 atom stereocenters. The molecule has 2 aromatic rings. The maximum Gasteiger partial charge on any atom is 0.293 e. The number of anilines is 2. The van der Waals surface area contributed by atoms with Crippen LogP contribution in [0.5, 0.6) is 0 Å². The zero-order valence-corrected chi connectivity index (χ0v) is 16.2. The van der Waals surface area contributed by atoms with Crippen LogP contribution in [0.15, 0.2) is 40.9 Å². The third-order valence-corrected chi connectivity index (χ3v) is 4.33. The van der Waals surface area contributed by atoms with E-state index < -0.39 is 4.92 Å². The molecule has 26 heavy (non-hydrogen) atoms. The van der Waals surface area contributed by atoms with E-state index in [4.69, 9.17) is 0 Å². The van der Waals surface area contributed by atoms with Crippen molar-refractivity contribution in [3.63, 3.8) is 0 Å². The van der Waals surface area contributed by atoms with Gasteiger partial charge in [-0.15, -0.1) is 0 Å². The average Bonchev–Trinajstić information content (AvgIpc) is 2.56. The second kappa shape index (κ2) is 8.09. The number of benzene rings is 2. The van der Waals surface area contributed by atoms with Crippen LogP contribution in [0.3, 0.4) is 0 Å². The van der Waals surface area contributed by atoms with Gasteiger partial charge in [0.25, 0.3) is 5.69 Å². The number of nitro groups is 1. The smallest absolute Gasteiger partial charge is 0.293 e. The Kier molecular flexibility index (Phi) is 6.10. The number of rotatable bonds is 6. The molecule has 1 N–H and O–H groups in total. The van der Waals surface area contributed by atoms with Crippen LogP contribution in [-0.4, -0.2) is 30.2 Å². The highest BCUT2D eigenvalue weighted by Crippen LogP contribution is 2.29. The normalized spacial score (nSPS) is 10.3. The predicted molar refractivity (Wildman–Crippen MR) is 104 cm³/mol. The van der Waals surface area contributed by atoms with Crippen molar-refractivity contribution >= 4 is 44.7 Å². The number of nitrogens with one attached hydrogen (secondary N) is 1. The van der Waals surface area contributed by atoms with Crippen LogP contribution >= 0.6 is 15.9 Å². The Morgan fingerprint density at radius 2 is 1.92 bits per heavy atom. The van der Waals surface area contributed by atoms with Gasteiger partial charge in [0.1, 0.15) is 5.69 Å². The summed E-state index contributed by atoms with van der Waals surface area (Å²) in [6.07, 6.45) is 0. The van der Waals surface area contributed by atoms with Gasteiger partial charge in [0, 0.05) is 28.8 Å². The van der Waals surface area contributed by atoms with Crippen molar-refractivity contribution in [2.24, 2.45) is 0 Å². The molecule has 2 rings (SSSR count). The number of ketones is 1. The highest BCUT2D eigenvalue weighted by atomic mass is 79.9. The van der Waals surface area contributed by atoms with Gasteiger partial charge in [-0.25, -0.2) is 0 Å². The fourth-order valence-corrected chi connectivity index (χ4v) is 2.94. The van der Waals surface area contributed by atoms with Crippen LogP contribution in [0.1, 0.15) is 22.8 Å². The molecule has 0 aliphatic carbocycles. The van der Waals surface area contributed by atoms with Gasteiger partial charge in [0.2, 0.25) is 5.91 Å². The maximum absolute atomic E-state index is 12.3. The Balaban J connectivity index is 2.18. The summed E-state index contributed by atoms with van der Waals surface area (Å²) in [5.41, 5.74) is 1.87. The van der Waals surface area contributed by atoms with Crippen LogP contribution in [-0.2, 0) is 4.79 Å². The molecule has 0 unspecified atom stereocenters. The number of hydrogen-bond acceptors (Lipinski definition) is 5. The van der Waals surface area contributed by atoms with E-state index in [9.17, 15) is 19.7 Å². The van der Waals surface area contributed by atoms with Crippen molar-refractivity contribution in [1.82, 2.24) is 0 Å². The minimum Gasteiger partial charge on any atom is -0.360 e. The summed E-state index contributed by atoms with van der Waals surface area (Å²) >= 11 is 3.36. The van der Waals surface area contributed by atoms with E-state index in [1.54, 1.807) is 13.1 Å². The predicted octanol–water partition coefficient (Wildman–Crippen LogP) is 3.94. The number of hydrogen-bond donors (Lipinski definition) is 1. The number of carbonyl (C=O) groups excluding carboxylic acids is 2. The lowest BCUT2D eigenvalue weighted by atomic mass is 10.1. The van der Waals surface area contributed by atoms with Gasteiger partial charge in [-0.1, -0.05) is 15.9 Å². The van der Waals surface area contributed by atoms with Gasteiger partial charge in [0.05, 0.1) is 11.5 Å². The molecule has 0 saturated carbocycles. The first-order valence-corrected chi connectivity index (χ1v) is 8.55. The van der Waals surface area contributed by atoms with Gasteiger partial charge in [-0.2, -0.15) is 0 Å². The van der Waals surface area contributed by atoms with Gasteiger partial charge >= 0.3 is 0 Å². The molecule has 0 aromatic heterocycles. The van der Waals surface area contributed by atoms with E-state index in [0.717, 1.165) is 10.0 Å². The maximum atomic E-state index is 12.3. The van der Waals surface area contributed by atoms with Crippen LogP contribution in [0.2, 0.25) is 0 Å². The number of likely N-dealkylation sites (N-methyl/N-ethyl adjacent to an activating group) is 1. The van der Waals surface area contributed by atoms with Gasteiger partial charge in [0.15, 0.2) is 5.78 Å². The third kappa shape index (κ3) is 4.66. The van der Waals surface area contributed by atoms with Crippen molar-refractivity contribution in [3.8, 4) is 0 Å². The quantitative estimate of drug-likeness (QED) is 0.434. The Morgan fingerprint density at radius 1 is 1.23 bits per heavy atom. The highest BCUT2D eigenvalue weighted by molar-refractivity contribution is 9.10. The summed E-state index contributed by atoms with van der Waals surface area (Å²) in [6.45, 7) is 3.14. The summed E-state index contributed by atoms with van der Waals surface area (Å²) in [7, 11) is 1.59. The van der Waals surface area contributed by atoms with E-state index >= 15 is 0 Å². The molecule has 7 nitrogen and oxygen atoms in total. The molecule has 0 saturated heterocycles. The van der Waals surface area contributed by atoms with E-state index in [2.05, 4.69) is 21.2 Å². The standard InChI is InChI=1S/C18H18BrN3O4/c1-11-8-14(19)5-6-15(11)20-18(24)10-21(3)16-7-4-13(12(2)23)9-17(16)22(25)26/h4-9H,10H2,1-3H3,(H,20,24). The largest absolute Gasteiger partial charge is 0.360 e. The Hall–Kier alpha value is -2.74. The first-order chi connectivity index (χ1) is 12.2. The number of nitrogens with zero attached hydrogens (tertiary/aromatic N) is 2. The Morgan fingerprint density at radius 3 is 2.50 bits per heavy atom. The van der Waals surface area contributed by atoms with E-state index in [-0.39, 0.29) is 35.2 Å². The van der Waals surface area contributed by atoms with E-state index in [0.29, 0.717) is 5.69 Å². The van der Waals surface area contributed by atoms with Crippen LogP contribution in [0.4, 0.5) is 17.1 Å². The SMILES string of the molecule is CC(=O)c1ccc(N(C)CC(=O)Nc2ccc(Br)cc2C)c([N+](=O)[O-])c1. The Bertz CT molecular complexity index is 883. The van der Waals surface area contributed by atoms with Gasteiger partial charge < -0.3 is 10.2 Å². The molecule has 8 heteroatoms. The van der Waals surface area contributed by atoms with Crippen LogP contribution < -0.4 is 10.2 Å². The molecular formula is C18H18BrN3O4. The third-order valence-electron chi connectivity index (χ3n) is 3.83. The molecule has 0 aliphatic rings. The monoisotopic (exact) mass is 419 g/mol. The second-order valence-electron chi connectivity index (χ2n) is 5.88. The van der Waals surface area contributed by atoms with Crippen LogP contribution in [0, 0.1) is 17.0 Å². The molecule has 0 bridgehead atoms. The van der Waals surface area contributed by atoms with Crippen molar-refractivity contribution in [3.05, 3.63) is 62.1 Å². The number of aryl methyl sites for hydroxylation is 1. The lowest BCUT2D eigenvalue weighted by Gasteiger charge is -2.19. The molecule has 0 heterocycles. The summed E-state index contributed by atoms with van der Waals surface area (Å²) in [6, 6.07) is 9.69. The topological polar surface area (TPSA) is 92.6 Å². The lowest BCUT2D eigenvalue weighted by molar-refractivity contribution is -0.384. The van der Waals surface area contributed by atoms with Crippen LogP contribution in [0.25, 0.3) is 0 Å². The number of nitro benzene ring substituents is 1. The first-order valence-electron chi connectivity index (χ1n) is 7.75. The summed E-state index contributed by atoms with van der Waals surface area (Å²) < 4.78 is 0.909. The first kappa shape index (κ1) is 19.6. The van der Waals surface area contributed by atoms with E-state index in [1.807, 2.05) is 19.1 Å². The molecule has 136 valence electrons.